The number of pyridine rings is 1. The molecule has 0 fully saturated rings. The van der Waals surface area contributed by atoms with Crippen molar-refractivity contribution >= 4 is 17.9 Å². The molecular weight excluding hydrogens is 308 g/mol. The van der Waals surface area contributed by atoms with E-state index in [9.17, 15) is 9.59 Å². The predicted octanol–water partition coefficient (Wildman–Crippen LogP) is 4.12. The molecule has 1 aromatic heterocycles. The molecule has 0 aromatic carbocycles. The third-order valence-corrected chi connectivity index (χ3v) is 3.55. The van der Waals surface area contributed by atoms with E-state index in [4.69, 9.17) is 9.47 Å². The lowest BCUT2D eigenvalue weighted by atomic mass is 9.86. The Morgan fingerprint density at radius 1 is 1.25 bits per heavy atom. The fraction of sp³-hybridized carbons (Fsp3) is 0.611. The Bertz CT molecular complexity index is 549. The van der Waals surface area contributed by atoms with Crippen molar-refractivity contribution in [3.05, 3.63) is 23.9 Å². The summed E-state index contributed by atoms with van der Waals surface area (Å²) in [7, 11) is 0. The molecule has 0 radical (unpaired) electrons. The van der Waals surface area contributed by atoms with Gasteiger partial charge in [-0.3, -0.25) is 10.1 Å². The van der Waals surface area contributed by atoms with E-state index >= 15 is 0 Å². The summed E-state index contributed by atoms with van der Waals surface area (Å²) in [4.78, 5) is 27.9. The minimum Gasteiger partial charge on any atom is -0.466 e. The molecule has 0 saturated carbocycles. The van der Waals surface area contributed by atoms with Gasteiger partial charge < -0.3 is 9.47 Å². The largest absolute Gasteiger partial charge is 0.466 e. The Hall–Kier alpha value is -2.11. The number of nitrogens with zero attached hydrogens (tertiary/aromatic N) is 1. The van der Waals surface area contributed by atoms with Gasteiger partial charge >= 0.3 is 12.1 Å². The van der Waals surface area contributed by atoms with E-state index in [2.05, 4.69) is 10.3 Å². The average molecular weight is 336 g/mol. The van der Waals surface area contributed by atoms with E-state index in [1.54, 1.807) is 40.0 Å². The first kappa shape index (κ1) is 19.9. The van der Waals surface area contributed by atoms with Gasteiger partial charge in [-0.15, -0.1) is 0 Å². The minimum absolute atomic E-state index is 0.0205. The molecule has 1 aromatic rings. The summed E-state index contributed by atoms with van der Waals surface area (Å²) in [6, 6.07) is 3.57. The van der Waals surface area contributed by atoms with Gasteiger partial charge in [0.1, 0.15) is 11.4 Å². The maximum Gasteiger partial charge on any atom is 0.413 e. The van der Waals surface area contributed by atoms with Gasteiger partial charge in [0, 0.05) is 6.20 Å². The van der Waals surface area contributed by atoms with Crippen LogP contribution in [-0.2, 0) is 14.3 Å². The Kier molecular flexibility index (Phi) is 7.19. The molecule has 0 saturated heterocycles. The quantitative estimate of drug-likeness (QED) is 0.791. The average Bonchev–Trinajstić information content (AvgIpc) is 2.47. The summed E-state index contributed by atoms with van der Waals surface area (Å²) in [5, 5.41) is 2.59. The number of amides is 1. The van der Waals surface area contributed by atoms with Crippen LogP contribution in [0.2, 0.25) is 0 Å². The van der Waals surface area contributed by atoms with Crippen LogP contribution in [0.3, 0.4) is 0 Å². The number of anilines is 1. The summed E-state index contributed by atoms with van der Waals surface area (Å²) in [6.45, 7) is 11.4. The molecule has 2 unspecified atom stereocenters. The van der Waals surface area contributed by atoms with Crippen molar-refractivity contribution in [3.63, 3.8) is 0 Å². The second-order valence-corrected chi connectivity index (χ2v) is 6.66. The number of aromatic nitrogens is 1. The fourth-order valence-electron chi connectivity index (χ4n) is 2.42. The van der Waals surface area contributed by atoms with E-state index in [0.717, 1.165) is 12.0 Å². The van der Waals surface area contributed by atoms with Gasteiger partial charge in [-0.1, -0.05) is 19.9 Å². The molecule has 6 nitrogen and oxygen atoms in total. The van der Waals surface area contributed by atoms with E-state index in [-0.39, 0.29) is 17.8 Å². The first-order valence-electron chi connectivity index (χ1n) is 8.30. The van der Waals surface area contributed by atoms with Crippen molar-refractivity contribution in [2.45, 2.75) is 59.5 Å². The Labute approximate surface area is 143 Å². The highest BCUT2D eigenvalue weighted by Gasteiger charge is 2.25. The molecule has 0 aliphatic carbocycles. The molecule has 2 atom stereocenters. The van der Waals surface area contributed by atoms with Crippen molar-refractivity contribution in [2.75, 3.05) is 11.9 Å². The van der Waals surface area contributed by atoms with Crippen LogP contribution in [-0.4, -0.2) is 29.3 Å². The monoisotopic (exact) mass is 336 g/mol. The molecule has 1 rings (SSSR count). The van der Waals surface area contributed by atoms with Gasteiger partial charge in [-0.25, -0.2) is 9.78 Å². The molecule has 134 valence electrons. The number of carbonyl (C=O) groups is 2. The lowest BCUT2D eigenvalue weighted by molar-refractivity contribution is -0.148. The van der Waals surface area contributed by atoms with Crippen LogP contribution in [0.5, 0.6) is 0 Å². The molecule has 24 heavy (non-hydrogen) atoms. The van der Waals surface area contributed by atoms with Gasteiger partial charge in [0.05, 0.1) is 12.5 Å². The highest BCUT2D eigenvalue weighted by atomic mass is 16.6. The highest BCUT2D eigenvalue weighted by molar-refractivity contribution is 5.83. The van der Waals surface area contributed by atoms with Crippen molar-refractivity contribution in [1.82, 2.24) is 4.98 Å². The van der Waals surface area contributed by atoms with Gasteiger partial charge in [0.25, 0.3) is 0 Å². The van der Waals surface area contributed by atoms with Crippen LogP contribution in [0.25, 0.3) is 0 Å². The van der Waals surface area contributed by atoms with Gasteiger partial charge in [-0.2, -0.15) is 0 Å². The summed E-state index contributed by atoms with van der Waals surface area (Å²) in [5.74, 6) is -0.0273. The molecule has 6 heteroatoms. The summed E-state index contributed by atoms with van der Waals surface area (Å²) in [5.41, 5.74) is 0.375. The van der Waals surface area contributed by atoms with Crippen molar-refractivity contribution < 1.29 is 19.1 Å². The second-order valence-electron chi connectivity index (χ2n) is 6.66. The van der Waals surface area contributed by atoms with Crippen LogP contribution >= 0.6 is 0 Å². The number of nitrogens with one attached hydrogen (secondary N) is 1. The minimum atomic E-state index is -0.563. The molecule has 1 amide bonds. The third kappa shape index (κ3) is 6.18. The lowest BCUT2D eigenvalue weighted by Crippen LogP contribution is -2.27. The molecular formula is C18H28N2O4. The van der Waals surface area contributed by atoms with E-state index < -0.39 is 11.7 Å². The normalized spacial score (nSPS) is 13.8. The number of hydrogen-bond acceptors (Lipinski definition) is 5. The predicted molar refractivity (Wildman–Crippen MR) is 92.9 cm³/mol. The van der Waals surface area contributed by atoms with Crippen LogP contribution in [0, 0.1) is 5.92 Å². The maximum absolute atomic E-state index is 11.9. The van der Waals surface area contributed by atoms with Crippen LogP contribution in [0.1, 0.15) is 59.4 Å². The Morgan fingerprint density at radius 2 is 1.92 bits per heavy atom. The first-order valence-corrected chi connectivity index (χ1v) is 8.30. The number of ether oxygens (including phenoxy) is 2. The molecule has 0 aliphatic rings. The van der Waals surface area contributed by atoms with Gasteiger partial charge in [-0.05, 0) is 51.7 Å². The van der Waals surface area contributed by atoms with E-state index in [1.807, 2.05) is 19.9 Å². The lowest BCUT2D eigenvalue weighted by Gasteiger charge is -2.22. The van der Waals surface area contributed by atoms with E-state index in [1.165, 1.54) is 0 Å². The van der Waals surface area contributed by atoms with Crippen molar-refractivity contribution in [2.24, 2.45) is 5.92 Å². The fourth-order valence-corrected chi connectivity index (χ4v) is 2.42. The molecule has 0 bridgehead atoms. The SMILES string of the molecule is CCOC(=O)C(C)C(CC)c1ccc(NC(=O)OC(C)(C)C)nc1. The van der Waals surface area contributed by atoms with Gasteiger partial charge in [0.2, 0.25) is 0 Å². The Morgan fingerprint density at radius 3 is 2.38 bits per heavy atom. The zero-order valence-electron chi connectivity index (χ0n) is 15.4. The van der Waals surface area contributed by atoms with Gasteiger partial charge in [0.15, 0.2) is 0 Å². The smallest absolute Gasteiger partial charge is 0.413 e. The number of rotatable bonds is 6. The summed E-state index contributed by atoms with van der Waals surface area (Å²) in [6.07, 6.45) is 1.92. The summed E-state index contributed by atoms with van der Waals surface area (Å²) < 4.78 is 10.3. The van der Waals surface area contributed by atoms with Crippen molar-refractivity contribution in [1.29, 1.82) is 0 Å². The molecule has 0 spiro atoms. The first-order chi connectivity index (χ1) is 11.2. The summed E-state index contributed by atoms with van der Waals surface area (Å²) >= 11 is 0. The van der Waals surface area contributed by atoms with E-state index in [0.29, 0.717) is 12.4 Å². The molecule has 0 aliphatic heterocycles. The number of carbonyl (C=O) groups excluding carboxylic acids is 2. The zero-order valence-corrected chi connectivity index (χ0v) is 15.4. The van der Waals surface area contributed by atoms with Crippen LogP contribution in [0.15, 0.2) is 18.3 Å². The third-order valence-electron chi connectivity index (χ3n) is 3.55. The second kappa shape index (κ2) is 8.66. The topological polar surface area (TPSA) is 77.5 Å². The van der Waals surface area contributed by atoms with Crippen molar-refractivity contribution in [3.8, 4) is 0 Å². The molecule has 1 N–H and O–H groups in total. The standard InChI is InChI=1S/C18H28N2O4/c1-7-14(12(3)16(21)23-8-2)13-9-10-15(19-11-13)20-17(22)24-18(4,5)6/h9-12,14H,7-8H2,1-6H3,(H,19,20,22). The van der Waals surface area contributed by atoms with Crippen LogP contribution < -0.4 is 5.32 Å². The van der Waals surface area contributed by atoms with Crippen LogP contribution in [0.4, 0.5) is 10.6 Å². The maximum atomic E-state index is 11.9. The zero-order chi connectivity index (χ0) is 18.3. The number of hydrogen-bond donors (Lipinski definition) is 1. The highest BCUT2D eigenvalue weighted by Crippen LogP contribution is 2.29. The Balaban J connectivity index is 2.78. The number of esters is 1. The molecule has 1 heterocycles.